The van der Waals surface area contributed by atoms with Crippen molar-refractivity contribution in [2.75, 3.05) is 11.9 Å². The number of nitrogens with zero attached hydrogens (tertiary/aromatic N) is 1. The quantitative estimate of drug-likeness (QED) is 0.226. The largest absolute Gasteiger partial charge is 0.482 e. The highest BCUT2D eigenvalue weighted by molar-refractivity contribution is 14.1. The molecule has 3 aromatic rings. The van der Waals surface area contributed by atoms with Gasteiger partial charge in [-0.3, -0.25) is 19.3 Å². The zero-order valence-electron chi connectivity index (χ0n) is 18.0. The molecule has 0 radical (unpaired) electrons. The highest BCUT2D eigenvalue weighted by atomic mass is 127. The number of imide groups is 1. The summed E-state index contributed by atoms with van der Waals surface area (Å²) in [5.41, 5.74) is 2.10. The number of carbonyl (C=O) groups excluding carboxylic acids is 3. The summed E-state index contributed by atoms with van der Waals surface area (Å²) in [5.74, 6) is -0.384. The number of benzene rings is 3. The molecular weight excluding hydrogens is 622 g/mol. The van der Waals surface area contributed by atoms with Crippen LogP contribution in [0.3, 0.4) is 0 Å². The third kappa shape index (κ3) is 6.78. The summed E-state index contributed by atoms with van der Waals surface area (Å²) >= 11 is 15.2. The molecule has 0 saturated carbocycles. The summed E-state index contributed by atoms with van der Waals surface area (Å²) in [4.78, 5) is 38.9. The third-order valence-electron chi connectivity index (χ3n) is 4.87. The summed E-state index contributed by atoms with van der Waals surface area (Å²) in [7, 11) is 0. The molecule has 0 spiro atoms. The molecule has 0 bridgehead atoms. The van der Waals surface area contributed by atoms with Crippen molar-refractivity contribution >= 4 is 86.4 Å². The fourth-order valence-corrected chi connectivity index (χ4v) is 4.72. The molecule has 0 aliphatic carbocycles. The molecule has 178 valence electrons. The second-order valence-electron chi connectivity index (χ2n) is 7.43. The Morgan fingerprint density at radius 3 is 2.43 bits per heavy atom. The number of nitrogens with one attached hydrogen (secondary N) is 1. The summed E-state index contributed by atoms with van der Waals surface area (Å²) < 4.78 is 6.60. The molecule has 10 heteroatoms. The maximum absolute atomic E-state index is 12.8. The number of hydrogen-bond donors (Lipinski definition) is 1. The number of halogens is 3. The zero-order valence-corrected chi connectivity index (χ0v) is 22.5. The van der Waals surface area contributed by atoms with Gasteiger partial charge in [0.05, 0.1) is 16.5 Å². The first-order chi connectivity index (χ1) is 16.8. The number of hydrogen-bond acceptors (Lipinski definition) is 5. The molecule has 0 aromatic heterocycles. The van der Waals surface area contributed by atoms with E-state index in [1.165, 1.54) is 4.90 Å². The van der Waals surface area contributed by atoms with Crippen LogP contribution in [-0.2, 0) is 16.1 Å². The first-order valence-electron chi connectivity index (χ1n) is 10.3. The molecule has 1 aliphatic heterocycles. The fourth-order valence-electron chi connectivity index (χ4n) is 3.16. The predicted molar refractivity (Wildman–Crippen MR) is 148 cm³/mol. The minimum Gasteiger partial charge on any atom is -0.482 e. The van der Waals surface area contributed by atoms with Gasteiger partial charge >= 0.3 is 0 Å². The van der Waals surface area contributed by atoms with Crippen molar-refractivity contribution in [1.82, 2.24) is 4.90 Å². The van der Waals surface area contributed by atoms with Crippen LogP contribution in [0.15, 0.2) is 71.6 Å². The number of amides is 3. The smallest absolute Gasteiger partial charge is 0.293 e. The van der Waals surface area contributed by atoms with Gasteiger partial charge in [-0.1, -0.05) is 41.4 Å². The van der Waals surface area contributed by atoms with Gasteiger partial charge in [0.15, 0.2) is 6.61 Å². The number of carbonyl (C=O) groups is 3. The van der Waals surface area contributed by atoms with Crippen LogP contribution in [0.4, 0.5) is 10.5 Å². The number of rotatable bonds is 7. The molecule has 0 unspecified atom stereocenters. The van der Waals surface area contributed by atoms with Crippen molar-refractivity contribution in [2.24, 2.45) is 0 Å². The van der Waals surface area contributed by atoms with E-state index in [-0.39, 0.29) is 35.2 Å². The Morgan fingerprint density at radius 2 is 1.74 bits per heavy atom. The van der Waals surface area contributed by atoms with Crippen molar-refractivity contribution in [1.29, 1.82) is 0 Å². The van der Waals surface area contributed by atoms with Crippen molar-refractivity contribution in [3.63, 3.8) is 0 Å². The molecule has 1 aliphatic rings. The predicted octanol–water partition coefficient (Wildman–Crippen LogP) is 6.85. The van der Waals surface area contributed by atoms with Crippen LogP contribution in [0, 0.1) is 3.57 Å². The van der Waals surface area contributed by atoms with Gasteiger partial charge in [-0.2, -0.15) is 0 Å². The monoisotopic (exact) mass is 638 g/mol. The highest BCUT2D eigenvalue weighted by Crippen LogP contribution is 2.34. The molecule has 1 fully saturated rings. The zero-order chi connectivity index (χ0) is 24.9. The number of anilines is 1. The second kappa shape index (κ2) is 11.5. The lowest BCUT2D eigenvalue weighted by Gasteiger charge is -2.12. The minimum atomic E-state index is -0.353. The Balaban J connectivity index is 1.37. The lowest BCUT2D eigenvalue weighted by Crippen LogP contribution is -2.27. The van der Waals surface area contributed by atoms with Gasteiger partial charge in [0.2, 0.25) is 0 Å². The van der Waals surface area contributed by atoms with Crippen LogP contribution >= 0.6 is 57.6 Å². The van der Waals surface area contributed by atoms with Crippen molar-refractivity contribution in [3.8, 4) is 5.75 Å². The third-order valence-corrected chi connectivity index (χ3v) is 7.04. The number of thioether (sulfide) groups is 1. The average molecular weight is 639 g/mol. The van der Waals surface area contributed by atoms with Gasteiger partial charge in [0.25, 0.3) is 17.1 Å². The lowest BCUT2D eigenvalue weighted by molar-refractivity contribution is -0.123. The first-order valence-corrected chi connectivity index (χ1v) is 12.9. The van der Waals surface area contributed by atoms with Crippen molar-refractivity contribution < 1.29 is 19.1 Å². The van der Waals surface area contributed by atoms with E-state index in [1.54, 1.807) is 48.5 Å². The van der Waals surface area contributed by atoms with Crippen LogP contribution in [0.1, 0.15) is 11.1 Å². The van der Waals surface area contributed by atoms with Crippen LogP contribution in [0.25, 0.3) is 6.08 Å². The van der Waals surface area contributed by atoms with Gasteiger partial charge in [-0.05, 0) is 100 Å². The molecule has 3 aromatic carbocycles. The van der Waals surface area contributed by atoms with Gasteiger partial charge < -0.3 is 10.1 Å². The molecule has 0 atom stereocenters. The molecule has 1 heterocycles. The molecule has 1 saturated heterocycles. The summed E-state index contributed by atoms with van der Waals surface area (Å²) in [6.07, 6.45) is 1.61. The van der Waals surface area contributed by atoms with Crippen LogP contribution in [0.5, 0.6) is 5.75 Å². The molecular formula is C25H17Cl2IN2O4S. The Labute approximate surface area is 229 Å². The van der Waals surface area contributed by atoms with Crippen molar-refractivity contribution in [3.05, 3.63) is 96.4 Å². The Hall–Kier alpha value is -2.53. The summed E-state index contributed by atoms with van der Waals surface area (Å²) in [5, 5.41) is 3.22. The first kappa shape index (κ1) is 25.6. The van der Waals surface area contributed by atoms with E-state index >= 15 is 0 Å². The fraction of sp³-hybridized carbons (Fsp3) is 0.0800. The SMILES string of the molecule is O=C(COc1ccc(/C=C2\SC(=O)N(Cc3ccc(I)cc3)C2=O)cc1Cl)Nc1ccc(Cl)cc1. The Morgan fingerprint density at radius 1 is 1.03 bits per heavy atom. The van der Waals surface area contributed by atoms with Crippen LogP contribution in [0.2, 0.25) is 10.0 Å². The van der Waals surface area contributed by atoms with E-state index < -0.39 is 0 Å². The van der Waals surface area contributed by atoms with Crippen LogP contribution in [-0.4, -0.2) is 28.6 Å². The van der Waals surface area contributed by atoms with E-state index in [2.05, 4.69) is 27.9 Å². The molecule has 3 amide bonds. The topological polar surface area (TPSA) is 75.7 Å². The van der Waals surface area contributed by atoms with E-state index in [1.807, 2.05) is 24.3 Å². The minimum absolute atomic E-state index is 0.213. The van der Waals surface area contributed by atoms with Gasteiger partial charge in [-0.25, -0.2) is 0 Å². The van der Waals surface area contributed by atoms with E-state index in [4.69, 9.17) is 27.9 Å². The standard InChI is InChI=1S/C25H17Cl2IN2O4S/c26-17-4-8-19(9-5-17)29-23(31)14-34-21-10-3-16(11-20(21)27)12-22-24(32)30(25(33)35-22)13-15-1-6-18(28)7-2-15/h1-12H,13-14H2,(H,29,31)/b22-12-. The Kier molecular flexibility index (Phi) is 8.38. The van der Waals surface area contributed by atoms with Gasteiger partial charge in [0.1, 0.15) is 5.75 Å². The maximum Gasteiger partial charge on any atom is 0.293 e. The highest BCUT2D eigenvalue weighted by Gasteiger charge is 2.35. The summed E-state index contributed by atoms with van der Waals surface area (Å²) in [6.45, 7) is -0.0241. The maximum atomic E-state index is 12.8. The number of ether oxygens (including phenoxy) is 1. The summed E-state index contributed by atoms with van der Waals surface area (Å²) in [6, 6.07) is 19.3. The lowest BCUT2D eigenvalue weighted by atomic mass is 10.2. The second-order valence-corrected chi connectivity index (χ2v) is 10.5. The van der Waals surface area contributed by atoms with Gasteiger partial charge in [-0.15, -0.1) is 0 Å². The normalized spacial score (nSPS) is 14.5. The molecule has 4 rings (SSSR count). The van der Waals surface area contributed by atoms with E-state index in [0.717, 1.165) is 20.9 Å². The molecule has 6 nitrogen and oxygen atoms in total. The van der Waals surface area contributed by atoms with E-state index in [0.29, 0.717) is 26.9 Å². The van der Waals surface area contributed by atoms with Crippen LogP contribution < -0.4 is 10.1 Å². The average Bonchev–Trinajstić information content (AvgIpc) is 3.08. The Bertz CT molecular complexity index is 1310. The van der Waals surface area contributed by atoms with E-state index in [9.17, 15) is 14.4 Å². The molecule has 1 N–H and O–H groups in total. The van der Waals surface area contributed by atoms with Crippen molar-refractivity contribution in [2.45, 2.75) is 6.54 Å². The molecule has 35 heavy (non-hydrogen) atoms. The van der Waals surface area contributed by atoms with Gasteiger partial charge in [0, 0.05) is 14.3 Å².